The largest absolute Gasteiger partial charge is 0.325 e. The van der Waals surface area contributed by atoms with Crippen LogP contribution >= 0.6 is 11.8 Å². The predicted octanol–water partition coefficient (Wildman–Crippen LogP) is 3.07. The first kappa shape index (κ1) is 17.6. The first-order valence-corrected chi connectivity index (χ1v) is 8.87. The van der Waals surface area contributed by atoms with E-state index in [9.17, 15) is 9.59 Å². The Hall–Kier alpha value is -3.19. The van der Waals surface area contributed by atoms with E-state index in [-0.39, 0.29) is 22.9 Å². The van der Waals surface area contributed by atoms with Crippen molar-refractivity contribution < 1.29 is 4.79 Å². The lowest BCUT2D eigenvalue weighted by Crippen LogP contribution is -2.17. The number of carbonyl (C=O) groups is 1. The number of para-hydroxylation sites is 1. The third-order valence-corrected chi connectivity index (χ3v) is 4.20. The summed E-state index contributed by atoms with van der Waals surface area (Å²) >= 11 is 1.12. The van der Waals surface area contributed by atoms with Gasteiger partial charge in [0.1, 0.15) is 0 Å². The van der Waals surface area contributed by atoms with E-state index in [0.29, 0.717) is 5.16 Å². The molecule has 2 aromatic carbocycles. The molecule has 1 amide bonds. The predicted molar refractivity (Wildman–Crippen MR) is 104 cm³/mol. The van der Waals surface area contributed by atoms with Gasteiger partial charge in [0.05, 0.1) is 5.75 Å². The summed E-state index contributed by atoms with van der Waals surface area (Å²) in [5.41, 5.74) is 1.55. The van der Waals surface area contributed by atoms with E-state index < -0.39 is 0 Å². The van der Waals surface area contributed by atoms with Gasteiger partial charge in [-0.3, -0.25) is 14.6 Å². The number of thioether (sulfide) groups is 1. The minimum atomic E-state index is -0.349. The summed E-state index contributed by atoms with van der Waals surface area (Å²) in [5, 5.41) is 10.9. The maximum atomic E-state index is 12.1. The highest BCUT2D eigenvalue weighted by molar-refractivity contribution is 7.99. The van der Waals surface area contributed by atoms with Crippen molar-refractivity contribution in [3.63, 3.8) is 0 Å². The first-order chi connectivity index (χ1) is 12.7. The Labute approximate surface area is 154 Å². The Kier molecular flexibility index (Phi) is 5.95. The minimum Gasteiger partial charge on any atom is -0.325 e. The van der Waals surface area contributed by atoms with E-state index in [4.69, 9.17) is 0 Å². The van der Waals surface area contributed by atoms with Gasteiger partial charge < -0.3 is 5.32 Å². The topological polar surface area (TPSA) is 87.7 Å². The van der Waals surface area contributed by atoms with E-state index in [2.05, 4.69) is 20.5 Å². The van der Waals surface area contributed by atoms with Gasteiger partial charge in [0, 0.05) is 5.69 Å². The Bertz CT molecular complexity index is 956. The zero-order chi connectivity index (χ0) is 18.2. The maximum absolute atomic E-state index is 12.1. The number of rotatable bonds is 6. The average Bonchev–Trinajstić information content (AvgIpc) is 2.67. The zero-order valence-corrected chi connectivity index (χ0v) is 14.6. The smallest absolute Gasteiger partial charge is 0.277 e. The molecule has 2 N–H and O–H groups in total. The van der Waals surface area contributed by atoms with Crippen LogP contribution in [-0.2, 0) is 4.79 Å². The Morgan fingerprint density at radius 3 is 2.38 bits per heavy atom. The molecule has 26 heavy (non-hydrogen) atoms. The number of anilines is 1. The lowest BCUT2D eigenvalue weighted by Gasteiger charge is -2.04. The van der Waals surface area contributed by atoms with Crippen LogP contribution in [0.3, 0.4) is 0 Å². The van der Waals surface area contributed by atoms with E-state index in [1.54, 1.807) is 24.3 Å². The summed E-state index contributed by atoms with van der Waals surface area (Å²) in [7, 11) is 0. The van der Waals surface area contributed by atoms with Crippen LogP contribution in [0.2, 0.25) is 0 Å². The van der Waals surface area contributed by atoms with Crippen molar-refractivity contribution in [2.45, 2.75) is 5.16 Å². The lowest BCUT2D eigenvalue weighted by molar-refractivity contribution is -0.113. The summed E-state index contributed by atoms with van der Waals surface area (Å²) in [4.78, 5) is 26.6. The first-order valence-electron chi connectivity index (χ1n) is 7.88. The molecule has 0 radical (unpaired) electrons. The van der Waals surface area contributed by atoms with Gasteiger partial charge in [-0.2, -0.15) is 0 Å². The highest BCUT2D eigenvalue weighted by Crippen LogP contribution is 2.12. The van der Waals surface area contributed by atoms with Crippen molar-refractivity contribution in [1.82, 2.24) is 15.2 Å². The van der Waals surface area contributed by atoms with Gasteiger partial charge >= 0.3 is 0 Å². The number of benzene rings is 2. The van der Waals surface area contributed by atoms with E-state index in [1.165, 1.54) is 0 Å². The van der Waals surface area contributed by atoms with Crippen LogP contribution in [0.5, 0.6) is 0 Å². The molecule has 3 aromatic rings. The number of carbonyl (C=O) groups excluding carboxylic acids is 1. The summed E-state index contributed by atoms with van der Waals surface area (Å²) in [5.74, 6) is -0.0597. The summed E-state index contributed by atoms with van der Waals surface area (Å²) in [6.07, 6.45) is 3.40. The molecule has 0 aliphatic rings. The average molecular weight is 364 g/mol. The maximum Gasteiger partial charge on any atom is 0.277 e. The Morgan fingerprint density at radius 2 is 1.69 bits per heavy atom. The van der Waals surface area contributed by atoms with Crippen LogP contribution in [-0.4, -0.2) is 26.8 Å². The van der Waals surface area contributed by atoms with Crippen LogP contribution in [0.4, 0.5) is 5.69 Å². The Morgan fingerprint density at radius 1 is 1.00 bits per heavy atom. The van der Waals surface area contributed by atoms with Crippen molar-refractivity contribution in [3.05, 3.63) is 82.3 Å². The van der Waals surface area contributed by atoms with E-state index in [0.717, 1.165) is 23.0 Å². The number of hydrogen-bond donors (Lipinski definition) is 2. The van der Waals surface area contributed by atoms with Crippen LogP contribution in [0.25, 0.3) is 12.2 Å². The standard InChI is InChI=1S/C19H16N4O2S/c24-17(20-15-9-5-2-6-10-15)13-26-19-21-18(25)16(22-23-19)12-11-14-7-3-1-4-8-14/h1-12H,13H2,(H,20,24)(H,21,23,25)/b12-11+. The van der Waals surface area contributed by atoms with Crippen molar-refractivity contribution in [1.29, 1.82) is 0 Å². The fourth-order valence-electron chi connectivity index (χ4n) is 2.10. The van der Waals surface area contributed by atoms with Crippen molar-refractivity contribution in [2.24, 2.45) is 0 Å². The number of nitrogens with one attached hydrogen (secondary N) is 2. The monoisotopic (exact) mass is 364 g/mol. The SMILES string of the molecule is O=C(CSc1nnc(/C=C/c2ccccc2)c(=O)[nH]1)Nc1ccccc1. The third-order valence-electron chi connectivity index (χ3n) is 3.33. The van der Waals surface area contributed by atoms with Crippen molar-refractivity contribution in [2.75, 3.05) is 11.1 Å². The normalized spacial score (nSPS) is 10.8. The van der Waals surface area contributed by atoms with Gasteiger partial charge in [-0.25, -0.2) is 0 Å². The van der Waals surface area contributed by atoms with Gasteiger partial charge in [0.25, 0.3) is 5.56 Å². The number of H-pyrrole nitrogens is 1. The van der Waals surface area contributed by atoms with Crippen LogP contribution in [0.1, 0.15) is 11.3 Å². The summed E-state index contributed by atoms with van der Waals surface area (Å²) in [6.45, 7) is 0. The molecule has 1 heterocycles. The zero-order valence-electron chi connectivity index (χ0n) is 13.8. The molecule has 0 saturated carbocycles. The summed E-state index contributed by atoms with van der Waals surface area (Å²) in [6, 6.07) is 18.8. The molecule has 1 aromatic heterocycles. The van der Waals surface area contributed by atoms with Crippen molar-refractivity contribution in [3.8, 4) is 0 Å². The van der Waals surface area contributed by atoms with Gasteiger partial charge in [-0.05, 0) is 23.8 Å². The number of aromatic amines is 1. The molecule has 0 aliphatic carbocycles. The molecule has 7 heteroatoms. The Balaban J connectivity index is 1.58. The molecule has 0 unspecified atom stereocenters. The van der Waals surface area contributed by atoms with Crippen LogP contribution in [0.15, 0.2) is 70.6 Å². The molecule has 0 fully saturated rings. The molecular weight excluding hydrogens is 348 g/mol. The van der Waals surface area contributed by atoms with Gasteiger partial charge in [0.2, 0.25) is 5.91 Å². The fraction of sp³-hybridized carbons (Fsp3) is 0.0526. The second-order valence-electron chi connectivity index (χ2n) is 5.29. The molecule has 0 atom stereocenters. The second-order valence-corrected chi connectivity index (χ2v) is 6.26. The lowest BCUT2D eigenvalue weighted by atomic mass is 10.2. The minimum absolute atomic E-state index is 0.124. The second kappa shape index (κ2) is 8.77. The van der Waals surface area contributed by atoms with Crippen molar-refractivity contribution >= 4 is 35.5 Å². The van der Waals surface area contributed by atoms with Crippen LogP contribution in [0, 0.1) is 0 Å². The van der Waals surface area contributed by atoms with Gasteiger partial charge in [-0.15, -0.1) is 10.2 Å². The highest BCUT2D eigenvalue weighted by Gasteiger charge is 2.07. The molecule has 0 aliphatic heterocycles. The number of nitrogens with zero attached hydrogens (tertiary/aromatic N) is 2. The quantitative estimate of drug-likeness (QED) is 0.656. The third kappa shape index (κ3) is 5.15. The van der Waals surface area contributed by atoms with E-state index in [1.807, 2.05) is 48.5 Å². The number of amides is 1. The molecule has 6 nitrogen and oxygen atoms in total. The number of aromatic nitrogens is 3. The molecule has 0 bridgehead atoms. The highest BCUT2D eigenvalue weighted by atomic mass is 32.2. The number of hydrogen-bond acceptors (Lipinski definition) is 5. The molecule has 0 spiro atoms. The summed E-state index contributed by atoms with van der Waals surface area (Å²) < 4.78 is 0. The molecule has 0 saturated heterocycles. The molecule has 3 rings (SSSR count). The van der Waals surface area contributed by atoms with Crippen LogP contribution < -0.4 is 10.9 Å². The van der Waals surface area contributed by atoms with Gasteiger partial charge in [-0.1, -0.05) is 66.4 Å². The van der Waals surface area contributed by atoms with Gasteiger partial charge in [0.15, 0.2) is 10.9 Å². The van der Waals surface area contributed by atoms with E-state index >= 15 is 0 Å². The molecular formula is C19H16N4O2S. The molecule has 130 valence electrons. The fourth-order valence-corrected chi connectivity index (χ4v) is 2.70.